The zero-order valence-corrected chi connectivity index (χ0v) is 13.6. The second-order valence-electron chi connectivity index (χ2n) is 4.73. The van der Waals surface area contributed by atoms with Gasteiger partial charge in [-0.15, -0.1) is 0 Å². The van der Waals surface area contributed by atoms with Crippen molar-refractivity contribution in [1.82, 2.24) is 15.0 Å². The lowest BCUT2D eigenvalue weighted by molar-refractivity contribution is -0.255. The summed E-state index contributed by atoms with van der Waals surface area (Å²) in [5.74, 6) is -1.86. The van der Waals surface area contributed by atoms with E-state index < -0.39 is 11.9 Å². The number of hydrogen-bond donors (Lipinski definition) is 3. The Balaban J connectivity index is 0.000000293. The van der Waals surface area contributed by atoms with Gasteiger partial charge in [0, 0.05) is 5.56 Å². The smallest absolute Gasteiger partial charge is 0.338 e. The van der Waals surface area contributed by atoms with Gasteiger partial charge in [-0.2, -0.15) is 15.0 Å². The summed E-state index contributed by atoms with van der Waals surface area (Å²) in [6.07, 6.45) is 1.68. The molecule has 10 heteroatoms. The maximum Gasteiger partial charge on any atom is 0.338 e. The van der Waals surface area contributed by atoms with Gasteiger partial charge in [0.05, 0.1) is 18.1 Å². The third kappa shape index (κ3) is 6.69. The van der Waals surface area contributed by atoms with Crippen molar-refractivity contribution in [1.29, 1.82) is 0 Å². The number of aromatic carboxylic acids is 1. The number of hydrogen-bond acceptors (Lipinski definition) is 10. The number of carbonyl (C=O) groups is 2. The van der Waals surface area contributed by atoms with Crippen LogP contribution in [0.3, 0.4) is 0 Å². The molecule has 1 aromatic heterocycles. The molecule has 0 atom stereocenters. The van der Waals surface area contributed by atoms with Gasteiger partial charge in [-0.3, -0.25) is 0 Å². The van der Waals surface area contributed by atoms with Crippen molar-refractivity contribution in [2.45, 2.75) is 19.8 Å². The van der Waals surface area contributed by atoms with E-state index in [1.54, 1.807) is 6.07 Å². The Kier molecular flexibility index (Phi) is 7.57. The molecule has 6 N–H and O–H groups in total. The molecule has 0 radical (unpaired) electrons. The minimum Gasteiger partial charge on any atom is -0.545 e. The number of benzene rings is 1. The van der Waals surface area contributed by atoms with Crippen LogP contribution >= 0.6 is 0 Å². The summed E-state index contributed by atoms with van der Waals surface area (Å²) in [7, 11) is 0. The first-order chi connectivity index (χ1) is 11.8. The molecule has 0 bridgehead atoms. The first-order valence-corrected chi connectivity index (χ1v) is 7.35. The highest BCUT2D eigenvalue weighted by Gasteiger charge is 2.12. The molecule has 2 rings (SSSR count). The van der Waals surface area contributed by atoms with Gasteiger partial charge in [0.2, 0.25) is 17.8 Å². The van der Waals surface area contributed by atoms with Crippen LogP contribution < -0.4 is 22.3 Å². The first-order valence-electron chi connectivity index (χ1n) is 7.35. The number of carboxylic acids is 1. The highest BCUT2D eigenvalue weighted by molar-refractivity contribution is 6.01. The van der Waals surface area contributed by atoms with Crippen molar-refractivity contribution < 1.29 is 19.4 Å². The van der Waals surface area contributed by atoms with Gasteiger partial charge in [0.15, 0.2) is 0 Å². The van der Waals surface area contributed by atoms with Crippen LogP contribution in [0.1, 0.15) is 40.5 Å². The van der Waals surface area contributed by atoms with Crippen molar-refractivity contribution in [3.63, 3.8) is 0 Å². The number of nitrogen functional groups attached to an aromatic ring is 3. The van der Waals surface area contributed by atoms with Crippen LogP contribution in [-0.2, 0) is 4.74 Å². The lowest BCUT2D eigenvalue weighted by Gasteiger charge is -2.09. The molecule has 25 heavy (non-hydrogen) atoms. The maximum absolute atomic E-state index is 11.5. The van der Waals surface area contributed by atoms with Gasteiger partial charge in [-0.1, -0.05) is 31.5 Å². The Labute approximate surface area is 144 Å². The lowest BCUT2D eigenvalue weighted by Crippen LogP contribution is -2.25. The number of esters is 1. The fourth-order valence-corrected chi connectivity index (χ4v) is 1.65. The Hall–Kier alpha value is -3.43. The van der Waals surface area contributed by atoms with Crippen molar-refractivity contribution >= 4 is 29.8 Å². The summed E-state index contributed by atoms with van der Waals surface area (Å²) >= 11 is 0. The molecular formula is C15H19N6O4-. The Morgan fingerprint density at radius 2 is 1.48 bits per heavy atom. The molecule has 0 saturated carbocycles. The van der Waals surface area contributed by atoms with E-state index in [1.807, 2.05) is 6.92 Å². The van der Waals surface area contributed by atoms with E-state index in [4.69, 9.17) is 21.9 Å². The lowest BCUT2D eigenvalue weighted by atomic mass is 10.1. The Bertz CT molecular complexity index is 687. The van der Waals surface area contributed by atoms with Gasteiger partial charge in [0.1, 0.15) is 0 Å². The quantitative estimate of drug-likeness (QED) is 0.476. The summed E-state index contributed by atoms with van der Waals surface area (Å²) in [5.41, 5.74) is 15.3. The molecule has 0 aliphatic heterocycles. The van der Waals surface area contributed by atoms with Gasteiger partial charge in [0.25, 0.3) is 0 Å². The SMILES string of the molecule is CCCCOC(=O)c1ccccc1C(=O)[O-].Nc1nc(N)nc(N)n1. The van der Waals surface area contributed by atoms with Crippen LogP contribution in [0.5, 0.6) is 0 Å². The number of nitrogens with zero attached hydrogens (tertiary/aromatic N) is 3. The van der Waals surface area contributed by atoms with E-state index in [2.05, 4.69) is 15.0 Å². The van der Waals surface area contributed by atoms with E-state index in [-0.39, 0.29) is 29.0 Å². The number of aromatic nitrogens is 3. The maximum atomic E-state index is 11.5. The average molecular weight is 347 g/mol. The number of nitrogens with two attached hydrogens (primary N) is 3. The summed E-state index contributed by atoms with van der Waals surface area (Å²) in [6, 6.07) is 5.86. The molecule has 134 valence electrons. The third-order valence-corrected chi connectivity index (χ3v) is 2.79. The van der Waals surface area contributed by atoms with Gasteiger partial charge in [-0.25, -0.2) is 4.79 Å². The van der Waals surface area contributed by atoms with Crippen LogP contribution in [0.4, 0.5) is 17.8 Å². The number of ether oxygens (including phenoxy) is 1. The van der Waals surface area contributed by atoms with Crippen LogP contribution in [0.15, 0.2) is 24.3 Å². The molecule has 0 fully saturated rings. The summed E-state index contributed by atoms with van der Waals surface area (Å²) in [5, 5.41) is 10.7. The van der Waals surface area contributed by atoms with Gasteiger partial charge < -0.3 is 31.8 Å². The largest absolute Gasteiger partial charge is 0.545 e. The fraction of sp³-hybridized carbons (Fsp3) is 0.267. The number of unbranched alkanes of at least 4 members (excludes halogenated alkanes) is 1. The van der Waals surface area contributed by atoms with E-state index in [1.165, 1.54) is 18.2 Å². The van der Waals surface area contributed by atoms with Crippen LogP contribution in [0, 0.1) is 0 Å². The predicted octanol–water partition coefficient (Wildman–Crippen LogP) is -0.375. The Morgan fingerprint density at radius 3 is 1.92 bits per heavy atom. The molecule has 1 heterocycles. The zero-order valence-electron chi connectivity index (χ0n) is 13.6. The minimum atomic E-state index is -1.37. The molecule has 0 aliphatic carbocycles. The number of carbonyl (C=O) groups excluding carboxylic acids is 2. The third-order valence-electron chi connectivity index (χ3n) is 2.79. The molecule has 1 aromatic carbocycles. The molecule has 0 aliphatic rings. The molecule has 0 saturated heterocycles. The standard InChI is InChI=1S/C12H14O4.C3H6N6/c1-2-3-8-16-12(15)10-7-5-4-6-9(10)11(13)14;4-1-7-2(5)9-3(6)8-1/h4-7H,2-3,8H2,1H3,(H,13,14);(H6,4,5,6,7,8,9)/p-1. The molecule has 0 amide bonds. The van der Waals surface area contributed by atoms with Gasteiger partial charge >= 0.3 is 5.97 Å². The minimum absolute atomic E-state index is 0.0404. The summed E-state index contributed by atoms with van der Waals surface area (Å²) in [4.78, 5) is 32.7. The summed E-state index contributed by atoms with van der Waals surface area (Å²) in [6.45, 7) is 2.28. The van der Waals surface area contributed by atoms with Crippen LogP contribution in [0.2, 0.25) is 0 Å². The monoisotopic (exact) mass is 347 g/mol. The molecule has 10 nitrogen and oxygen atoms in total. The second kappa shape index (κ2) is 9.65. The van der Waals surface area contributed by atoms with Crippen molar-refractivity contribution in [2.75, 3.05) is 23.8 Å². The van der Waals surface area contributed by atoms with Crippen molar-refractivity contribution in [3.8, 4) is 0 Å². The Morgan fingerprint density at radius 1 is 1.00 bits per heavy atom. The summed E-state index contributed by atoms with van der Waals surface area (Å²) < 4.78 is 4.93. The van der Waals surface area contributed by atoms with Crippen LogP contribution in [-0.4, -0.2) is 33.5 Å². The van der Waals surface area contributed by atoms with E-state index in [0.717, 1.165) is 12.8 Å². The predicted molar refractivity (Wildman–Crippen MR) is 89.0 cm³/mol. The fourth-order valence-electron chi connectivity index (χ4n) is 1.65. The van der Waals surface area contributed by atoms with E-state index >= 15 is 0 Å². The average Bonchev–Trinajstić information content (AvgIpc) is 2.54. The van der Waals surface area contributed by atoms with Crippen LogP contribution in [0.25, 0.3) is 0 Å². The molecule has 2 aromatic rings. The number of rotatable bonds is 5. The van der Waals surface area contributed by atoms with Crippen molar-refractivity contribution in [3.05, 3.63) is 35.4 Å². The first kappa shape index (κ1) is 19.6. The zero-order chi connectivity index (χ0) is 18.8. The highest BCUT2D eigenvalue weighted by atomic mass is 16.5. The second-order valence-corrected chi connectivity index (χ2v) is 4.73. The van der Waals surface area contributed by atoms with Gasteiger partial charge in [-0.05, 0) is 12.5 Å². The number of carboxylic acid groups (broad SMARTS) is 1. The van der Waals surface area contributed by atoms with E-state index in [9.17, 15) is 14.7 Å². The molecule has 0 spiro atoms. The highest BCUT2D eigenvalue weighted by Crippen LogP contribution is 2.09. The number of anilines is 3. The topological polar surface area (TPSA) is 183 Å². The van der Waals surface area contributed by atoms with E-state index in [0.29, 0.717) is 6.61 Å². The molecule has 0 unspecified atom stereocenters. The molecular weight excluding hydrogens is 328 g/mol. The van der Waals surface area contributed by atoms with Crippen molar-refractivity contribution in [2.24, 2.45) is 0 Å². The normalized spacial score (nSPS) is 9.64.